The number of halogens is 1. The van der Waals surface area contributed by atoms with Crippen LogP contribution in [0, 0.1) is 6.92 Å². The van der Waals surface area contributed by atoms with Crippen molar-refractivity contribution in [3.8, 4) is 21.9 Å². The first-order valence-corrected chi connectivity index (χ1v) is 11.3. The van der Waals surface area contributed by atoms with E-state index in [1.807, 2.05) is 73.7 Å². The van der Waals surface area contributed by atoms with Gasteiger partial charge in [0, 0.05) is 21.3 Å². The Balaban J connectivity index is 1.40. The van der Waals surface area contributed by atoms with E-state index in [0.29, 0.717) is 5.76 Å². The lowest BCUT2D eigenvalue weighted by Gasteiger charge is -2.09. The second kappa shape index (κ2) is 8.13. The highest BCUT2D eigenvalue weighted by Crippen LogP contribution is 2.32. The molecule has 0 spiro atoms. The van der Waals surface area contributed by atoms with Crippen LogP contribution in [0.25, 0.3) is 32.1 Å². The predicted octanol–water partition coefficient (Wildman–Crippen LogP) is 7.55. The van der Waals surface area contributed by atoms with E-state index in [-0.39, 0.29) is 11.7 Å². The quantitative estimate of drug-likeness (QED) is 0.284. The third kappa shape index (κ3) is 4.04. The van der Waals surface area contributed by atoms with Gasteiger partial charge < -0.3 is 9.73 Å². The highest BCUT2D eigenvalue weighted by Gasteiger charge is 2.15. The summed E-state index contributed by atoms with van der Waals surface area (Å²) in [4.78, 5) is 17.5. The number of nitrogens with one attached hydrogen (secondary N) is 1. The van der Waals surface area contributed by atoms with Gasteiger partial charge in [-0.15, -0.1) is 11.3 Å². The summed E-state index contributed by atoms with van der Waals surface area (Å²) >= 11 is 5.06. The molecule has 4 nitrogen and oxygen atoms in total. The number of fused-ring (bicyclic) bond motifs is 1. The summed E-state index contributed by atoms with van der Waals surface area (Å²) < 4.78 is 7.93. The van der Waals surface area contributed by atoms with Crippen molar-refractivity contribution in [3.63, 3.8) is 0 Å². The van der Waals surface area contributed by atoms with Crippen molar-refractivity contribution in [2.24, 2.45) is 0 Å². The summed E-state index contributed by atoms with van der Waals surface area (Å²) in [6.45, 7) is 1.97. The molecular formula is C25H17BrN2O2S. The molecule has 0 bridgehead atoms. The molecule has 1 amide bonds. The van der Waals surface area contributed by atoms with Crippen molar-refractivity contribution in [1.29, 1.82) is 0 Å². The molecule has 1 N–H and O–H groups in total. The normalized spacial score (nSPS) is 11.0. The number of furan rings is 1. The van der Waals surface area contributed by atoms with Crippen LogP contribution in [-0.2, 0) is 0 Å². The number of aryl methyl sites for hydroxylation is 1. The van der Waals surface area contributed by atoms with Crippen molar-refractivity contribution in [2.45, 2.75) is 6.92 Å². The maximum atomic E-state index is 12.8. The van der Waals surface area contributed by atoms with Gasteiger partial charge in [0.15, 0.2) is 5.76 Å². The molecule has 0 atom stereocenters. The molecule has 5 rings (SSSR count). The van der Waals surface area contributed by atoms with E-state index < -0.39 is 0 Å². The summed E-state index contributed by atoms with van der Waals surface area (Å²) in [7, 11) is 0. The number of thiazole rings is 1. The minimum atomic E-state index is -0.284. The first-order valence-electron chi connectivity index (χ1n) is 9.70. The first-order chi connectivity index (χ1) is 15.1. The lowest BCUT2D eigenvalue weighted by Crippen LogP contribution is -2.11. The van der Waals surface area contributed by atoms with E-state index in [1.165, 1.54) is 0 Å². The van der Waals surface area contributed by atoms with Gasteiger partial charge in [0.25, 0.3) is 5.91 Å². The molecule has 0 fully saturated rings. The van der Waals surface area contributed by atoms with E-state index in [9.17, 15) is 4.79 Å². The zero-order valence-electron chi connectivity index (χ0n) is 16.6. The Morgan fingerprint density at radius 1 is 0.968 bits per heavy atom. The Morgan fingerprint density at radius 2 is 1.74 bits per heavy atom. The second-order valence-corrected chi connectivity index (χ2v) is 9.09. The summed E-state index contributed by atoms with van der Waals surface area (Å²) in [5, 5.41) is 3.90. The number of rotatable bonds is 4. The SMILES string of the molecule is Cc1ccc(-c2nc3ccccc3s2)cc1NC(=O)c1ccc(-c2ccc(Br)cc2)o1. The number of aromatic nitrogens is 1. The lowest BCUT2D eigenvalue weighted by molar-refractivity contribution is 0.0997. The van der Waals surface area contributed by atoms with Gasteiger partial charge in [0.1, 0.15) is 10.8 Å². The molecule has 2 heterocycles. The number of hydrogen-bond donors (Lipinski definition) is 1. The molecule has 0 radical (unpaired) electrons. The van der Waals surface area contributed by atoms with E-state index in [4.69, 9.17) is 9.40 Å². The van der Waals surface area contributed by atoms with Gasteiger partial charge >= 0.3 is 0 Å². The van der Waals surface area contributed by atoms with Gasteiger partial charge in [0.05, 0.1) is 10.2 Å². The minimum Gasteiger partial charge on any atom is -0.451 e. The van der Waals surface area contributed by atoms with Gasteiger partial charge in [-0.2, -0.15) is 0 Å². The predicted molar refractivity (Wildman–Crippen MR) is 130 cm³/mol. The fourth-order valence-electron chi connectivity index (χ4n) is 3.30. The fourth-order valence-corrected chi connectivity index (χ4v) is 4.52. The highest BCUT2D eigenvalue weighted by atomic mass is 79.9. The number of amides is 1. The third-order valence-corrected chi connectivity index (χ3v) is 6.60. The lowest BCUT2D eigenvalue weighted by atomic mass is 10.1. The smallest absolute Gasteiger partial charge is 0.291 e. The number of carbonyl (C=O) groups is 1. The van der Waals surface area contributed by atoms with Gasteiger partial charge in [-0.05, 0) is 55.0 Å². The number of anilines is 1. The van der Waals surface area contributed by atoms with E-state index in [2.05, 4.69) is 27.3 Å². The number of hydrogen-bond acceptors (Lipinski definition) is 4. The maximum absolute atomic E-state index is 12.8. The van der Waals surface area contributed by atoms with Crippen molar-refractivity contribution in [2.75, 3.05) is 5.32 Å². The average molecular weight is 489 g/mol. The molecule has 31 heavy (non-hydrogen) atoms. The average Bonchev–Trinajstić information content (AvgIpc) is 3.43. The molecule has 0 unspecified atom stereocenters. The van der Waals surface area contributed by atoms with E-state index in [0.717, 1.165) is 42.1 Å². The number of benzene rings is 3. The maximum Gasteiger partial charge on any atom is 0.291 e. The Labute approximate surface area is 191 Å². The number of para-hydroxylation sites is 1. The van der Waals surface area contributed by atoms with Crippen LogP contribution in [0.1, 0.15) is 16.1 Å². The van der Waals surface area contributed by atoms with Gasteiger partial charge in [-0.3, -0.25) is 4.79 Å². The van der Waals surface area contributed by atoms with Gasteiger partial charge in [-0.25, -0.2) is 4.98 Å². The van der Waals surface area contributed by atoms with Crippen LogP contribution in [0.4, 0.5) is 5.69 Å². The summed E-state index contributed by atoms with van der Waals surface area (Å²) in [5.74, 6) is 0.633. The zero-order valence-corrected chi connectivity index (χ0v) is 19.0. The number of carbonyl (C=O) groups excluding carboxylic acids is 1. The highest BCUT2D eigenvalue weighted by molar-refractivity contribution is 9.10. The van der Waals surface area contributed by atoms with Crippen LogP contribution in [0.15, 0.2) is 87.8 Å². The molecule has 2 aromatic heterocycles. The molecule has 0 saturated carbocycles. The van der Waals surface area contributed by atoms with Gasteiger partial charge in [-0.1, -0.05) is 52.3 Å². The Kier molecular flexibility index (Phi) is 5.18. The van der Waals surface area contributed by atoms with E-state index in [1.54, 1.807) is 17.4 Å². The molecule has 0 aliphatic rings. The molecule has 6 heteroatoms. The van der Waals surface area contributed by atoms with Crippen LogP contribution in [-0.4, -0.2) is 10.9 Å². The molecular weight excluding hydrogens is 472 g/mol. The van der Waals surface area contributed by atoms with Crippen molar-refractivity contribution in [1.82, 2.24) is 4.98 Å². The monoisotopic (exact) mass is 488 g/mol. The Bertz CT molecular complexity index is 1370. The fraction of sp³-hybridized carbons (Fsp3) is 0.0400. The van der Waals surface area contributed by atoms with Crippen molar-refractivity contribution < 1.29 is 9.21 Å². The second-order valence-electron chi connectivity index (χ2n) is 7.14. The topological polar surface area (TPSA) is 55.1 Å². The molecule has 3 aromatic carbocycles. The number of nitrogens with zero attached hydrogens (tertiary/aromatic N) is 1. The molecule has 0 saturated heterocycles. The Morgan fingerprint density at radius 3 is 2.55 bits per heavy atom. The van der Waals surface area contributed by atoms with Crippen molar-refractivity contribution in [3.05, 3.63) is 94.7 Å². The first kappa shape index (κ1) is 19.7. The van der Waals surface area contributed by atoms with Crippen LogP contribution >= 0.6 is 27.3 Å². The summed E-state index contributed by atoms with van der Waals surface area (Å²) in [6, 6.07) is 25.3. The Hall–Kier alpha value is -3.22. The minimum absolute atomic E-state index is 0.266. The largest absolute Gasteiger partial charge is 0.451 e. The van der Waals surface area contributed by atoms with Crippen LogP contribution < -0.4 is 5.32 Å². The summed E-state index contributed by atoms with van der Waals surface area (Å²) in [6.07, 6.45) is 0. The van der Waals surface area contributed by atoms with Crippen LogP contribution in [0.5, 0.6) is 0 Å². The van der Waals surface area contributed by atoms with Crippen LogP contribution in [0.3, 0.4) is 0 Å². The molecule has 152 valence electrons. The molecule has 0 aliphatic carbocycles. The summed E-state index contributed by atoms with van der Waals surface area (Å²) in [5.41, 5.74) is 4.57. The van der Waals surface area contributed by atoms with E-state index >= 15 is 0 Å². The van der Waals surface area contributed by atoms with Crippen LogP contribution in [0.2, 0.25) is 0 Å². The molecule has 5 aromatic rings. The van der Waals surface area contributed by atoms with Crippen molar-refractivity contribution >= 4 is 49.1 Å². The molecule has 0 aliphatic heterocycles. The zero-order chi connectivity index (χ0) is 21.4. The third-order valence-electron chi connectivity index (χ3n) is 4.99. The van der Waals surface area contributed by atoms with Gasteiger partial charge in [0.2, 0.25) is 0 Å². The standard InChI is InChI=1S/C25H17BrN2O2S/c1-15-6-7-17(25-28-19-4-2-3-5-23(19)31-25)14-20(15)27-24(29)22-13-12-21(30-22)16-8-10-18(26)11-9-16/h2-14H,1H3,(H,27,29).